The highest BCUT2D eigenvalue weighted by molar-refractivity contribution is 6.24. The number of imide groups is 1. The van der Waals surface area contributed by atoms with E-state index < -0.39 is 48.5 Å². The Kier molecular flexibility index (Phi) is 6.43. The summed E-state index contributed by atoms with van der Waals surface area (Å²) in [5.41, 5.74) is 3.35. The molecule has 6 rings (SSSR count). The van der Waals surface area contributed by atoms with E-state index in [9.17, 15) is 29.4 Å². The number of H-pyrrole nitrogens is 1. The van der Waals surface area contributed by atoms with E-state index in [2.05, 4.69) is 10.3 Å². The number of methoxy groups -OCH3 is 1. The van der Waals surface area contributed by atoms with E-state index in [0.717, 1.165) is 32.6 Å². The monoisotopic (exact) mass is 554 g/mol. The van der Waals surface area contributed by atoms with Crippen LogP contribution in [0.2, 0.25) is 0 Å². The third-order valence-corrected chi connectivity index (χ3v) is 7.66. The molecule has 3 atom stereocenters. The van der Waals surface area contributed by atoms with Crippen molar-refractivity contribution < 1.29 is 34.1 Å². The normalized spacial score (nSPS) is 18.7. The number of hydrogen-bond donors (Lipinski definition) is 4. The number of aromatic nitrogens is 1. The van der Waals surface area contributed by atoms with E-state index in [1.165, 1.54) is 17.0 Å². The van der Waals surface area contributed by atoms with E-state index >= 15 is 0 Å². The molecule has 41 heavy (non-hydrogen) atoms. The van der Waals surface area contributed by atoms with Gasteiger partial charge in [-0.3, -0.25) is 14.5 Å². The number of rotatable bonds is 7. The summed E-state index contributed by atoms with van der Waals surface area (Å²) in [5.74, 6) is -2.11. The van der Waals surface area contributed by atoms with Crippen LogP contribution in [-0.2, 0) is 16.0 Å². The minimum Gasteiger partial charge on any atom is -0.497 e. The summed E-state index contributed by atoms with van der Waals surface area (Å²) >= 11 is 0. The summed E-state index contributed by atoms with van der Waals surface area (Å²) in [7, 11) is 1.56. The van der Waals surface area contributed by atoms with E-state index in [-0.39, 0.29) is 17.7 Å². The van der Waals surface area contributed by atoms with Crippen molar-refractivity contribution >= 4 is 40.4 Å². The second kappa shape index (κ2) is 10.1. The van der Waals surface area contributed by atoms with Gasteiger partial charge in [-0.25, -0.2) is 14.5 Å². The van der Waals surface area contributed by atoms with Gasteiger partial charge in [0.1, 0.15) is 17.8 Å². The highest BCUT2D eigenvalue weighted by atomic mass is 16.5. The fraction of sp³-hybridized carbons (Fsp3) is 0.200. The van der Waals surface area contributed by atoms with Crippen LogP contribution in [0.3, 0.4) is 0 Å². The molecule has 1 saturated heterocycles. The Morgan fingerprint density at radius 2 is 1.76 bits per heavy atom. The summed E-state index contributed by atoms with van der Waals surface area (Å²) in [6.45, 7) is -0.824. The fourth-order valence-electron chi connectivity index (χ4n) is 5.71. The number of anilines is 1. The molecule has 1 aromatic heterocycles. The number of aliphatic hydroxyl groups excluding tert-OH is 1. The molecular formula is C30H26N4O7. The Hall–Kier alpha value is -5.16. The number of nitrogens with zero attached hydrogens (tertiary/aromatic N) is 2. The van der Waals surface area contributed by atoms with Crippen molar-refractivity contribution in [1.29, 1.82) is 0 Å². The number of aromatic amines is 1. The van der Waals surface area contributed by atoms with Crippen LogP contribution in [0.15, 0.2) is 72.8 Å². The predicted molar refractivity (Wildman–Crippen MR) is 148 cm³/mol. The van der Waals surface area contributed by atoms with E-state index in [1.54, 1.807) is 31.4 Å². The predicted octanol–water partition coefficient (Wildman–Crippen LogP) is 2.83. The fourth-order valence-corrected chi connectivity index (χ4v) is 5.71. The molecule has 0 saturated carbocycles. The van der Waals surface area contributed by atoms with Crippen molar-refractivity contribution in [2.45, 2.75) is 24.5 Å². The minimum atomic E-state index is -1.55. The van der Waals surface area contributed by atoms with Crippen LogP contribution in [0.4, 0.5) is 10.5 Å². The van der Waals surface area contributed by atoms with Crippen molar-refractivity contribution in [3.05, 3.63) is 95.2 Å². The van der Waals surface area contributed by atoms with Gasteiger partial charge in [0.15, 0.2) is 6.04 Å². The number of fused-ring (bicyclic) bond motifs is 4. The molecule has 2 aliphatic heterocycles. The van der Waals surface area contributed by atoms with Crippen LogP contribution in [0.25, 0.3) is 10.9 Å². The van der Waals surface area contributed by atoms with Gasteiger partial charge in [-0.15, -0.1) is 0 Å². The number of amides is 4. The number of carboxylic acid groups (broad SMARTS) is 1. The zero-order chi connectivity index (χ0) is 28.8. The Morgan fingerprint density at radius 3 is 2.46 bits per heavy atom. The van der Waals surface area contributed by atoms with Crippen molar-refractivity contribution in [2.24, 2.45) is 0 Å². The Morgan fingerprint density at radius 1 is 1.05 bits per heavy atom. The van der Waals surface area contributed by atoms with Crippen molar-refractivity contribution in [2.75, 3.05) is 18.6 Å². The molecule has 0 spiro atoms. The first-order valence-corrected chi connectivity index (χ1v) is 13.0. The lowest BCUT2D eigenvalue weighted by atomic mass is 9.89. The van der Waals surface area contributed by atoms with Crippen LogP contribution < -0.4 is 15.0 Å². The van der Waals surface area contributed by atoms with Gasteiger partial charge in [-0.1, -0.05) is 42.5 Å². The minimum absolute atomic E-state index is 0.0264. The van der Waals surface area contributed by atoms with Gasteiger partial charge < -0.3 is 25.3 Å². The molecule has 11 heteroatoms. The molecule has 1 fully saturated rings. The van der Waals surface area contributed by atoms with Gasteiger partial charge in [-0.05, 0) is 41.5 Å². The van der Waals surface area contributed by atoms with Gasteiger partial charge in [0.05, 0.1) is 25.0 Å². The number of hydrogen-bond acceptors (Lipinski definition) is 6. The highest BCUT2D eigenvalue weighted by Crippen LogP contribution is 2.45. The molecule has 4 aromatic rings. The maximum Gasteiger partial charge on any atom is 0.332 e. The first-order chi connectivity index (χ1) is 19.8. The summed E-state index contributed by atoms with van der Waals surface area (Å²) in [6.07, 6.45) is 0.271. The third-order valence-electron chi connectivity index (χ3n) is 7.66. The zero-order valence-electron chi connectivity index (χ0n) is 21.9. The van der Waals surface area contributed by atoms with Crippen LogP contribution in [-0.4, -0.2) is 69.7 Å². The van der Waals surface area contributed by atoms with Gasteiger partial charge in [0, 0.05) is 23.0 Å². The molecule has 208 valence electrons. The lowest BCUT2D eigenvalue weighted by Crippen LogP contribution is -2.44. The van der Waals surface area contributed by atoms with Crippen molar-refractivity contribution in [3.63, 3.8) is 0 Å². The number of carbonyl (C=O) groups is 4. The summed E-state index contributed by atoms with van der Waals surface area (Å²) in [6, 6.07) is 17.4. The van der Waals surface area contributed by atoms with Crippen LogP contribution in [0, 0.1) is 0 Å². The topological polar surface area (TPSA) is 152 Å². The van der Waals surface area contributed by atoms with Crippen LogP contribution >= 0.6 is 0 Å². The first-order valence-electron chi connectivity index (χ1n) is 13.0. The van der Waals surface area contributed by atoms with Crippen LogP contribution in [0.5, 0.6) is 5.75 Å². The number of nitrogens with one attached hydrogen (secondary N) is 2. The number of ether oxygens (including phenoxy) is 1. The molecule has 11 nitrogen and oxygen atoms in total. The SMILES string of the molecule is COc1ccc(C2c3[nH]c4ccccc4c3C[C@H]3C(=O)N(c4ccccc4C(=O)N[C@@H](CO)C(=O)O)C(=O)N23)cc1. The number of carbonyl (C=O) groups excluding carboxylic acids is 3. The molecular weight excluding hydrogens is 528 g/mol. The average molecular weight is 555 g/mol. The third kappa shape index (κ3) is 4.18. The summed E-state index contributed by atoms with van der Waals surface area (Å²) < 4.78 is 5.32. The zero-order valence-corrected chi connectivity index (χ0v) is 21.9. The number of benzene rings is 3. The molecule has 3 heterocycles. The number of urea groups is 1. The van der Waals surface area contributed by atoms with Crippen LogP contribution in [0.1, 0.15) is 33.2 Å². The lowest BCUT2D eigenvalue weighted by molar-refractivity contribution is -0.140. The molecule has 4 N–H and O–H groups in total. The standard InChI is InChI=1S/C30H26N4O7/c1-41-17-12-10-16(11-13-17)26-25-20(18-6-2-4-8-21(18)31-25)14-24-28(37)34(30(40)33(24)26)23-9-5-3-7-19(23)27(36)32-22(15-35)29(38)39/h2-13,22,24,26,31,35H,14-15H2,1H3,(H,32,36)(H,38,39)/t22-,24-,26?/m0/s1. The molecule has 2 aliphatic rings. The maximum absolute atomic E-state index is 14.2. The van der Waals surface area contributed by atoms with Gasteiger partial charge in [-0.2, -0.15) is 0 Å². The van der Waals surface area contributed by atoms with Gasteiger partial charge in [0.2, 0.25) is 0 Å². The van der Waals surface area contributed by atoms with Gasteiger partial charge >= 0.3 is 12.0 Å². The summed E-state index contributed by atoms with van der Waals surface area (Å²) in [4.78, 5) is 58.7. The molecule has 0 aliphatic carbocycles. The van der Waals surface area contributed by atoms with E-state index in [4.69, 9.17) is 4.74 Å². The first kappa shape index (κ1) is 26.1. The second-order valence-electron chi connectivity index (χ2n) is 9.89. The lowest BCUT2D eigenvalue weighted by Gasteiger charge is -2.36. The van der Waals surface area contributed by atoms with E-state index in [0.29, 0.717) is 5.75 Å². The largest absolute Gasteiger partial charge is 0.497 e. The summed E-state index contributed by atoms with van der Waals surface area (Å²) in [5, 5.41) is 21.9. The Balaban J connectivity index is 1.45. The van der Waals surface area contributed by atoms with Gasteiger partial charge in [0.25, 0.3) is 11.8 Å². The quantitative estimate of drug-likeness (QED) is 0.256. The number of para-hydroxylation sites is 2. The molecule has 0 radical (unpaired) electrons. The Bertz CT molecular complexity index is 1700. The number of aliphatic carboxylic acids is 1. The molecule has 4 amide bonds. The number of carboxylic acids is 1. The molecule has 3 aromatic carbocycles. The van der Waals surface area contributed by atoms with Crippen molar-refractivity contribution in [3.8, 4) is 5.75 Å². The maximum atomic E-state index is 14.2. The van der Waals surface area contributed by atoms with Crippen molar-refractivity contribution in [1.82, 2.24) is 15.2 Å². The molecule has 0 bridgehead atoms. The Labute approximate surface area is 233 Å². The number of aliphatic hydroxyl groups is 1. The molecule has 1 unspecified atom stereocenters. The smallest absolute Gasteiger partial charge is 0.332 e. The van der Waals surface area contributed by atoms with E-state index in [1.807, 2.05) is 36.4 Å². The average Bonchev–Trinajstić information content (AvgIpc) is 3.48. The second-order valence-corrected chi connectivity index (χ2v) is 9.89. The highest BCUT2D eigenvalue weighted by Gasteiger charge is 2.53.